The summed E-state index contributed by atoms with van der Waals surface area (Å²) in [5.74, 6) is 0. The monoisotopic (exact) mass is 355 g/mol. The zero-order valence-electron chi connectivity index (χ0n) is 15.0. The van der Waals surface area contributed by atoms with E-state index in [2.05, 4.69) is 48.3 Å². The lowest BCUT2D eigenvalue weighted by Crippen LogP contribution is -2.54. The van der Waals surface area contributed by atoms with Gasteiger partial charge in [0.15, 0.2) is 0 Å². The largest absolute Gasteiger partial charge is 0.365 e. The molecule has 0 bridgehead atoms. The lowest BCUT2D eigenvalue weighted by Gasteiger charge is -2.41. The molecule has 2 aromatic carbocycles. The van der Waals surface area contributed by atoms with Crippen molar-refractivity contribution in [1.82, 2.24) is 4.90 Å². The molecule has 0 spiro atoms. The normalized spacial score (nSPS) is 17.5. The molecule has 0 radical (unpaired) electrons. The Morgan fingerprint density at radius 2 is 1.92 bits per heavy atom. The van der Waals surface area contributed by atoms with Crippen LogP contribution in [0.1, 0.15) is 12.5 Å². The van der Waals surface area contributed by atoms with Gasteiger partial charge in [-0.15, -0.1) is 11.8 Å². The van der Waals surface area contributed by atoms with Crippen molar-refractivity contribution < 1.29 is 4.79 Å². The average Bonchev–Trinajstić information content (AvgIpc) is 2.62. The van der Waals surface area contributed by atoms with Gasteiger partial charge < -0.3 is 15.1 Å². The van der Waals surface area contributed by atoms with Gasteiger partial charge in [0.2, 0.25) is 0 Å². The summed E-state index contributed by atoms with van der Waals surface area (Å²) in [5.41, 5.74) is 3.34. The summed E-state index contributed by atoms with van der Waals surface area (Å²) in [6.07, 6.45) is 2.04. The Hall–Kier alpha value is -2.14. The van der Waals surface area contributed by atoms with Crippen molar-refractivity contribution in [2.75, 3.05) is 36.1 Å². The minimum absolute atomic E-state index is 0.0207. The van der Waals surface area contributed by atoms with Crippen molar-refractivity contribution in [2.24, 2.45) is 0 Å². The van der Waals surface area contributed by atoms with Gasteiger partial charge in [-0.25, -0.2) is 4.79 Å². The van der Waals surface area contributed by atoms with E-state index < -0.39 is 0 Å². The molecule has 5 heteroatoms. The molecule has 1 N–H and O–H groups in total. The average molecular weight is 356 g/mol. The van der Waals surface area contributed by atoms with E-state index in [-0.39, 0.29) is 6.03 Å². The molecule has 1 aliphatic rings. The number of urea groups is 1. The minimum Gasteiger partial charge on any atom is -0.365 e. The van der Waals surface area contributed by atoms with E-state index in [0.29, 0.717) is 6.04 Å². The first kappa shape index (κ1) is 17.7. The summed E-state index contributed by atoms with van der Waals surface area (Å²) in [5, 5.41) is 3.01. The molecule has 1 fully saturated rings. The molecule has 25 heavy (non-hydrogen) atoms. The Bertz CT molecular complexity index is 732. The van der Waals surface area contributed by atoms with Crippen molar-refractivity contribution >= 4 is 29.2 Å². The number of thioether (sulfide) groups is 1. The van der Waals surface area contributed by atoms with E-state index in [4.69, 9.17) is 0 Å². The molecule has 2 amide bonds. The highest BCUT2D eigenvalue weighted by molar-refractivity contribution is 7.98. The molecule has 0 saturated carbocycles. The third kappa shape index (κ3) is 4.28. The number of hydrogen-bond acceptors (Lipinski definition) is 3. The molecule has 2 aromatic rings. The summed E-state index contributed by atoms with van der Waals surface area (Å²) < 4.78 is 0. The lowest BCUT2D eigenvalue weighted by atomic mass is 10.1. The molecule has 1 aliphatic heterocycles. The SMILES string of the molecule is CSc1ccc(NC(=O)N2CCN(c3cccc(C)c3)C(C)C2)cc1. The summed E-state index contributed by atoms with van der Waals surface area (Å²) in [6.45, 7) is 6.59. The maximum Gasteiger partial charge on any atom is 0.321 e. The highest BCUT2D eigenvalue weighted by Crippen LogP contribution is 2.22. The third-order valence-corrected chi connectivity index (χ3v) is 5.33. The number of carbonyl (C=O) groups excluding carboxylic acids is 1. The van der Waals surface area contributed by atoms with E-state index >= 15 is 0 Å². The van der Waals surface area contributed by atoms with Crippen LogP contribution in [0, 0.1) is 6.92 Å². The molecule has 132 valence electrons. The zero-order valence-corrected chi connectivity index (χ0v) is 15.8. The molecule has 1 atom stereocenters. The number of aryl methyl sites for hydroxylation is 1. The topological polar surface area (TPSA) is 35.6 Å². The van der Waals surface area contributed by atoms with E-state index in [9.17, 15) is 4.79 Å². The predicted molar refractivity (Wildman–Crippen MR) is 107 cm³/mol. The second-order valence-corrected chi connectivity index (χ2v) is 7.37. The Kier molecular flexibility index (Phi) is 5.53. The molecular weight excluding hydrogens is 330 g/mol. The lowest BCUT2D eigenvalue weighted by molar-refractivity contribution is 0.200. The predicted octanol–water partition coefficient (Wildman–Crippen LogP) is 4.46. The van der Waals surface area contributed by atoms with E-state index in [0.717, 1.165) is 25.3 Å². The number of carbonyl (C=O) groups is 1. The Balaban J connectivity index is 1.60. The fourth-order valence-corrected chi connectivity index (χ4v) is 3.62. The number of hydrogen-bond donors (Lipinski definition) is 1. The molecule has 0 aliphatic carbocycles. The van der Waals surface area contributed by atoms with Crippen molar-refractivity contribution in [3.05, 3.63) is 54.1 Å². The Morgan fingerprint density at radius 3 is 2.56 bits per heavy atom. The maximum atomic E-state index is 12.6. The van der Waals surface area contributed by atoms with E-state index in [1.807, 2.05) is 35.4 Å². The number of nitrogens with zero attached hydrogens (tertiary/aromatic N) is 2. The van der Waals surface area contributed by atoms with Crippen molar-refractivity contribution in [2.45, 2.75) is 24.8 Å². The van der Waals surface area contributed by atoms with Gasteiger partial charge in [-0.3, -0.25) is 0 Å². The van der Waals surface area contributed by atoms with Gasteiger partial charge in [-0.05, 0) is 62.1 Å². The van der Waals surface area contributed by atoms with Gasteiger partial charge in [0.25, 0.3) is 0 Å². The van der Waals surface area contributed by atoms with Gasteiger partial charge in [0.1, 0.15) is 0 Å². The van der Waals surface area contributed by atoms with Crippen LogP contribution in [0.3, 0.4) is 0 Å². The minimum atomic E-state index is -0.0207. The molecule has 3 rings (SSSR count). The van der Waals surface area contributed by atoms with Gasteiger partial charge in [-0.2, -0.15) is 0 Å². The van der Waals surface area contributed by atoms with Gasteiger partial charge >= 0.3 is 6.03 Å². The summed E-state index contributed by atoms with van der Waals surface area (Å²) in [4.78, 5) is 18.0. The first-order valence-corrected chi connectivity index (χ1v) is 9.82. The van der Waals surface area contributed by atoms with E-state index in [1.165, 1.54) is 16.1 Å². The maximum absolute atomic E-state index is 12.6. The van der Waals surface area contributed by atoms with Crippen LogP contribution >= 0.6 is 11.8 Å². The fraction of sp³-hybridized carbons (Fsp3) is 0.350. The second-order valence-electron chi connectivity index (χ2n) is 6.49. The summed E-state index contributed by atoms with van der Waals surface area (Å²) >= 11 is 1.70. The zero-order chi connectivity index (χ0) is 17.8. The van der Waals surface area contributed by atoms with Gasteiger partial charge in [0.05, 0.1) is 0 Å². The first-order valence-electron chi connectivity index (χ1n) is 8.60. The third-order valence-electron chi connectivity index (χ3n) is 4.59. The van der Waals surface area contributed by atoms with Crippen LogP contribution in [0.5, 0.6) is 0 Å². The number of anilines is 2. The number of benzene rings is 2. The van der Waals surface area contributed by atoms with Crippen molar-refractivity contribution in [3.8, 4) is 0 Å². The smallest absolute Gasteiger partial charge is 0.321 e. The van der Waals surface area contributed by atoms with Crippen LogP contribution in [-0.4, -0.2) is 42.9 Å². The molecular formula is C20H25N3OS. The molecule has 0 aromatic heterocycles. The summed E-state index contributed by atoms with van der Waals surface area (Å²) in [7, 11) is 0. The molecule has 4 nitrogen and oxygen atoms in total. The molecule has 1 saturated heterocycles. The summed E-state index contributed by atoms with van der Waals surface area (Å²) in [6, 6.07) is 16.8. The van der Waals surface area contributed by atoms with Crippen LogP contribution < -0.4 is 10.2 Å². The number of nitrogens with one attached hydrogen (secondary N) is 1. The van der Waals surface area contributed by atoms with Crippen LogP contribution in [-0.2, 0) is 0 Å². The van der Waals surface area contributed by atoms with Crippen LogP contribution in [0.15, 0.2) is 53.4 Å². The standard InChI is InChI=1S/C20H25N3OS/c1-15-5-4-6-18(13-15)23-12-11-22(14-16(23)2)20(24)21-17-7-9-19(25-3)10-8-17/h4-10,13,16H,11-12,14H2,1-3H3,(H,21,24). The van der Waals surface area contributed by atoms with Crippen molar-refractivity contribution in [3.63, 3.8) is 0 Å². The van der Waals surface area contributed by atoms with Gasteiger partial charge in [0, 0.05) is 41.9 Å². The number of piperazine rings is 1. The highest BCUT2D eigenvalue weighted by Gasteiger charge is 2.26. The Morgan fingerprint density at radius 1 is 1.16 bits per heavy atom. The molecule has 1 heterocycles. The fourth-order valence-electron chi connectivity index (χ4n) is 3.21. The van der Waals surface area contributed by atoms with Gasteiger partial charge in [-0.1, -0.05) is 12.1 Å². The van der Waals surface area contributed by atoms with E-state index in [1.54, 1.807) is 11.8 Å². The second kappa shape index (κ2) is 7.83. The highest BCUT2D eigenvalue weighted by atomic mass is 32.2. The van der Waals surface area contributed by atoms with Crippen LogP contribution in [0.25, 0.3) is 0 Å². The number of amides is 2. The first-order chi connectivity index (χ1) is 12.1. The van der Waals surface area contributed by atoms with Crippen LogP contribution in [0.4, 0.5) is 16.2 Å². The van der Waals surface area contributed by atoms with Crippen LogP contribution in [0.2, 0.25) is 0 Å². The Labute approximate surface area is 154 Å². The quantitative estimate of drug-likeness (QED) is 0.826. The van der Waals surface area contributed by atoms with Crippen molar-refractivity contribution in [1.29, 1.82) is 0 Å². The number of rotatable bonds is 3. The molecule has 1 unspecified atom stereocenters.